The molecule has 2 aromatic rings. The summed E-state index contributed by atoms with van der Waals surface area (Å²) in [6, 6.07) is 2.08. The minimum absolute atomic E-state index is 0.0948. The van der Waals surface area contributed by atoms with E-state index in [4.69, 9.17) is 4.74 Å². The molecule has 0 aromatic carbocycles. The summed E-state index contributed by atoms with van der Waals surface area (Å²) in [5.41, 5.74) is 2.34. The lowest BCUT2D eigenvalue weighted by atomic mass is 10.2. The highest BCUT2D eigenvalue weighted by Gasteiger charge is 2.35. The van der Waals surface area contributed by atoms with Crippen molar-refractivity contribution in [1.29, 1.82) is 0 Å². The van der Waals surface area contributed by atoms with Crippen LogP contribution in [0.2, 0.25) is 0 Å². The average molecular weight is 238 g/mol. The van der Waals surface area contributed by atoms with Crippen molar-refractivity contribution in [3.63, 3.8) is 0 Å². The maximum Gasteiger partial charge on any atom is 0.238 e. The second-order valence-electron chi connectivity index (χ2n) is 5.08. The van der Waals surface area contributed by atoms with Crippen molar-refractivity contribution in [2.45, 2.75) is 12.8 Å². The first-order valence-corrected chi connectivity index (χ1v) is 6.32. The van der Waals surface area contributed by atoms with Crippen LogP contribution in [-0.2, 0) is 11.3 Å². The third kappa shape index (κ3) is 1.39. The normalized spacial score (nSPS) is 21.3. The fraction of sp³-hybridized carbons (Fsp3) is 0.545. The van der Waals surface area contributed by atoms with Gasteiger partial charge in [-0.1, -0.05) is 0 Å². The molecular formula is C11H16N3OS+. The van der Waals surface area contributed by atoms with Crippen molar-refractivity contribution in [3.8, 4) is 0 Å². The molecule has 5 heteroatoms. The van der Waals surface area contributed by atoms with Crippen LogP contribution in [0.15, 0.2) is 11.4 Å². The van der Waals surface area contributed by atoms with Crippen LogP contribution in [0.5, 0.6) is 0 Å². The number of hydrogen-bond acceptors (Lipinski definition) is 3. The number of aromatic nitrogens is 2. The molecule has 86 valence electrons. The molecule has 0 radical (unpaired) electrons. The monoisotopic (exact) mass is 238 g/mol. The fourth-order valence-electron chi connectivity index (χ4n) is 2.20. The van der Waals surface area contributed by atoms with E-state index in [9.17, 15) is 0 Å². The molecule has 0 N–H and O–H groups in total. The second kappa shape index (κ2) is 3.29. The van der Waals surface area contributed by atoms with Gasteiger partial charge in [-0.3, -0.25) is 4.68 Å². The average Bonchev–Trinajstić information content (AvgIpc) is 2.73. The number of quaternary nitrogens is 1. The van der Waals surface area contributed by atoms with E-state index in [1.807, 2.05) is 0 Å². The summed E-state index contributed by atoms with van der Waals surface area (Å²) in [6.07, 6.45) is 0.0948. The molecule has 1 unspecified atom stereocenters. The molecule has 0 spiro atoms. The summed E-state index contributed by atoms with van der Waals surface area (Å²) in [5, 5.41) is 6.71. The highest BCUT2D eigenvalue weighted by Crippen LogP contribution is 2.36. The van der Waals surface area contributed by atoms with Crippen LogP contribution in [0.3, 0.4) is 0 Å². The lowest BCUT2D eigenvalue weighted by Gasteiger charge is -2.36. The summed E-state index contributed by atoms with van der Waals surface area (Å²) in [5.74, 6) is 0. The highest BCUT2D eigenvalue weighted by molar-refractivity contribution is 7.17. The van der Waals surface area contributed by atoms with Crippen LogP contribution in [0.4, 0.5) is 0 Å². The van der Waals surface area contributed by atoms with Crippen molar-refractivity contribution in [1.82, 2.24) is 9.78 Å². The number of nitrogens with zero attached hydrogens (tertiary/aromatic N) is 3. The third-order valence-electron chi connectivity index (χ3n) is 2.90. The SMILES string of the molecule is C[N+](C)(C)C1OCCn2nc3ccsc3c21. The number of fused-ring (bicyclic) bond motifs is 3. The summed E-state index contributed by atoms with van der Waals surface area (Å²) in [6.45, 7) is 1.62. The van der Waals surface area contributed by atoms with Gasteiger partial charge in [-0.15, -0.1) is 11.3 Å². The van der Waals surface area contributed by atoms with Crippen LogP contribution in [0, 0.1) is 0 Å². The highest BCUT2D eigenvalue weighted by atomic mass is 32.1. The first-order valence-electron chi connectivity index (χ1n) is 5.44. The second-order valence-corrected chi connectivity index (χ2v) is 6.00. The fourth-order valence-corrected chi connectivity index (χ4v) is 3.09. The number of thiophene rings is 1. The summed E-state index contributed by atoms with van der Waals surface area (Å²) >= 11 is 1.76. The molecule has 1 atom stereocenters. The van der Waals surface area contributed by atoms with Gasteiger partial charge in [0.2, 0.25) is 6.23 Å². The van der Waals surface area contributed by atoms with Crippen LogP contribution >= 0.6 is 11.3 Å². The Morgan fingerprint density at radius 2 is 2.31 bits per heavy atom. The van der Waals surface area contributed by atoms with E-state index in [2.05, 4.69) is 42.4 Å². The van der Waals surface area contributed by atoms with Gasteiger partial charge in [-0.2, -0.15) is 5.10 Å². The minimum Gasteiger partial charge on any atom is -0.322 e. The largest absolute Gasteiger partial charge is 0.322 e. The third-order valence-corrected chi connectivity index (χ3v) is 3.83. The summed E-state index contributed by atoms with van der Waals surface area (Å²) < 4.78 is 10.1. The molecule has 3 heterocycles. The van der Waals surface area contributed by atoms with Crippen molar-refractivity contribution >= 4 is 21.6 Å². The predicted octanol–water partition coefficient (Wildman–Crippen LogP) is 1.83. The van der Waals surface area contributed by atoms with Gasteiger partial charge in [-0.05, 0) is 11.4 Å². The number of rotatable bonds is 1. The van der Waals surface area contributed by atoms with Crippen LogP contribution in [-0.4, -0.2) is 42.0 Å². The van der Waals surface area contributed by atoms with Gasteiger partial charge in [0.1, 0.15) is 11.2 Å². The van der Waals surface area contributed by atoms with Gasteiger partial charge >= 0.3 is 0 Å². The van der Waals surface area contributed by atoms with E-state index in [-0.39, 0.29) is 6.23 Å². The topological polar surface area (TPSA) is 27.1 Å². The van der Waals surface area contributed by atoms with Crippen molar-refractivity contribution in [2.75, 3.05) is 27.7 Å². The Bertz CT molecular complexity index is 523. The maximum atomic E-state index is 5.92. The molecule has 2 aromatic heterocycles. The zero-order chi connectivity index (χ0) is 11.3. The van der Waals surface area contributed by atoms with E-state index in [0.29, 0.717) is 0 Å². The molecule has 4 nitrogen and oxygen atoms in total. The molecule has 0 amide bonds. The molecule has 0 bridgehead atoms. The zero-order valence-corrected chi connectivity index (χ0v) is 10.6. The van der Waals surface area contributed by atoms with Crippen molar-refractivity contribution in [2.24, 2.45) is 0 Å². The molecule has 0 saturated heterocycles. The van der Waals surface area contributed by atoms with Crippen LogP contribution in [0.1, 0.15) is 11.9 Å². The first-order chi connectivity index (χ1) is 7.57. The van der Waals surface area contributed by atoms with Crippen molar-refractivity contribution < 1.29 is 9.22 Å². The number of hydrogen-bond donors (Lipinski definition) is 0. The van der Waals surface area contributed by atoms with Crippen LogP contribution in [0.25, 0.3) is 10.2 Å². The minimum atomic E-state index is 0.0948. The van der Waals surface area contributed by atoms with E-state index < -0.39 is 0 Å². The van der Waals surface area contributed by atoms with Gasteiger partial charge in [0.05, 0.1) is 39.0 Å². The predicted molar refractivity (Wildman–Crippen MR) is 64.3 cm³/mol. The van der Waals surface area contributed by atoms with Gasteiger partial charge in [-0.25, -0.2) is 0 Å². The van der Waals surface area contributed by atoms with Gasteiger partial charge in [0.25, 0.3) is 0 Å². The zero-order valence-electron chi connectivity index (χ0n) is 9.80. The molecule has 0 saturated carbocycles. The molecule has 1 aliphatic rings. The van der Waals surface area contributed by atoms with E-state index in [1.165, 1.54) is 10.4 Å². The summed E-state index contributed by atoms with van der Waals surface area (Å²) in [7, 11) is 6.48. The quantitative estimate of drug-likeness (QED) is 0.709. The Kier molecular flexibility index (Phi) is 2.11. The van der Waals surface area contributed by atoms with Crippen LogP contribution < -0.4 is 0 Å². The van der Waals surface area contributed by atoms with Crippen molar-refractivity contribution in [3.05, 3.63) is 17.1 Å². The van der Waals surface area contributed by atoms with Gasteiger partial charge < -0.3 is 9.22 Å². The van der Waals surface area contributed by atoms with Gasteiger partial charge in [0, 0.05) is 0 Å². The molecule has 1 aliphatic heterocycles. The Balaban J connectivity index is 2.22. The Labute approximate surface area is 98.6 Å². The van der Waals surface area contributed by atoms with E-state index in [1.54, 1.807) is 11.3 Å². The Hall–Kier alpha value is -0.910. The Morgan fingerprint density at radius 3 is 3.06 bits per heavy atom. The lowest BCUT2D eigenvalue weighted by Crippen LogP contribution is -2.43. The molecule has 3 rings (SSSR count). The molecule has 16 heavy (non-hydrogen) atoms. The van der Waals surface area contributed by atoms with Gasteiger partial charge in [0.15, 0.2) is 0 Å². The van der Waals surface area contributed by atoms with E-state index >= 15 is 0 Å². The number of ether oxygens (including phenoxy) is 1. The molecule has 0 fully saturated rings. The first kappa shape index (κ1) is 10.3. The standard InChI is InChI=1S/C11H16N3OS/c1-14(2,3)11-9-10-8(4-7-16-10)12-13(9)5-6-15-11/h4,7,11H,5-6H2,1-3H3/q+1. The smallest absolute Gasteiger partial charge is 0.238 e. The molecular weight excluding hydrogens is 222 g/mol. The van der Waals surface area contributed by atoms with E-state index in [0.717, 1.165) is 23.2 Å². The maximum absolute atomic E-state index is 5.92. The lowest BCUT2D eigenvalue weighted by molar-refractivity contribution is -0.928. The Morgan fingerprint density at radius 1 is 1.50 bits per heavy atom. The molecule has 0 aliphatic carbocycles. The summed E-state index contributed by atoms with van der Waals surface area (Å²) in [4.78, 5) is 0.